The van der Waals surface area contributed by atoms with Crippen LogP contribution in [0.5, 0.6) is 0 Å². The molecule has 5 nitrogen and oxygen atoms in total. The van der Waals surface area contributed by atoms with Crippen LogP contribution in [0.4, 0.5) is 4.39 Å². The van der Waals surface area contributed by atoms with Crippen LogP contribution in [0.3, 0.4) is 0 Å². The molecule has 0 aliphatic heterocycles. The fraction of sp³-hybridized carbons (Fsp3) is 0.400. The molecule has 0 aliphatic rings. The van der Waals surface area contributed by atoms with Crippen molar-refractivity contribution in [2.75, 3.05) is 6.54 Å². The predicted octanol–water partition coefficient (Wildman–Crippen LogP) is 2.57. The van der Waals surface area contributed by atoms with Crippen LogP contribution in [0.15, 0.2) is 23.3 Å². The summed E-state index contributed by atoms with van der Waals surface area (Å²) in [6.07, 6.45) is -2.27. The predicted molar refractivity (Wildman–Crippen MR) is 61.0 cm³/mol. The third-order valence-corrected chi connectivity index (χ3v) is 2.54. The molecule has 0 aliphatic carbocycles. The molecule has 0 heterocycles. The van der Waals surface area contributed by atoms with Crippen molar-refractivity contribution in [2.45, 2.75) is 18.6 Å². The van der Waals surface area contributed by atoms with Crippen LogP contribution in [-0.4, -0.2) is 22.9 Å². The summed E-state index contributed by atoms with van der Waals surface area (Å²) in [6, 6.07) is 3.78. The van der Waals surface area contributed by atoms with Gasteiger partial charge in [0.15, 0.2) is 0 Å². The Morgan fingerprint density at radius 3 is 2.76 bits per heavy atom. The average Bonchev–Trinajstić information content (AvgIpc) is 2.32. The summed E-state index contributed by atoms with van der Waals surface area (Å²) in [7, 11) is 0. The Kier molecular flexibility index (Phi) is 5.18. The van der Waals surface area contributed by atoms with Gasteiger partial charge < -0.3 is 10.2 Å². The Labute approximate surface area is 102 Å². The van der Waals surface area contributed by atoms with E-state index in [9.17, 15) is 14.6 Å². The molecule has 1 aromatic carbocycles. The van der Waals surface area contributed by atoms with Crippen molar-refractivity contribution in [3.05, 3.63) is 45.0 Å². The molecule has 0 radical (unpaired) electrons. The van der Waals surface area contributed by atoms with Crippen LogP contribution in [0.2, 0.25) is 5.02 Å². The van der Waals surface area contributed by atoms with E-state index in [2.05, 4.69) is 10.0 Å². The number of aliphatic hydroxyl groups excluding tert-OH is 2. The molecule has 0 fully saturated rings. The first-order valence-electron chi connectivity index (χ1n) is 4.88. The highest BCUT2D eigenvalue weighted by Gasteiger charge is 2.18. The summed E-state index contributed by atoms with van der Waals surface area (Å²) in [5.41, 5.74) is 8.27. The van der Waals surface area contributed by atoms with Gasteiger partial charge in [0.25, 0.3) is 0 Å². The summed E-state index contributed by atoms with van der Waals surface area (Å²) < 4.78 is 13.1. The molecule has 2 N–H and O–H groups in total. The van der Waals surface area contributed by atoms with Gasteiger partial charge in [-0.1, -0.05) is 22.8 Å². The number of benzene rings is 1. The van der Waals surface area contributed by atoms with Crippen molar-refractivity contribution < 1.29 is 14.6 Å². The number of aliphatic hydroxyl groups is 2. The first-order valence-corrected chi connectivity index (χ1v) is 5.26. The fourth-order valence-electron chi connectivity index (χ4n) is 1.31. The monoisotopic (exact) mass is 259 g/mol. The minimum absolute atomic E-state index is 0.0514. The van der Waals surface area contributed by atoms with Gasteiger partial charge in [-0.05, 0) is 29.6 Å². The van der Waals surface area contributed by atoms with Crippen LogP contribution in [0, 0.1) is 5.82 Å². The molecule has 0 spiro atoms. The van der Waals surface area contributed by atoms with Crippen LogP contribution in [0.25, 0.3) is 10.4 Å². The van der Waals surface area contributed by atoms with Gasteiger partial charge in [-0.3, -0.25) is 0 Å². The Balaban J connectivity index is 2.70. The van der Waals surface area contributed by atoms with Gasteiger partial charge in [0.2, 0.25) is 0 Å². The van der Waals surface area contributed by atoms with E-state index in [1.54, 1.807) is 0 Å². The molecule has 0 aromatic heterocycles. The number of halogens is 2. The Morgan fingerprint density at radius 1 is 1.47 bits per heavy atom. The zero-order valence-electron chi connectivity index (χ0n) is 8.79. The lowest BCUT2D eigenvalue weighted by atomic mass is 10.0. The summed E-state index contributed by atoms with van der Waals surface area (Å²) in [5.74, 6) is -0.662. The zero-order chi connectivity index (χ0) is 12.8. The van der Waals surface area contributed by atoms with Gasteiger partial charge in [-0.2, -0.15) is 0 Å². The topological polar surface area (TPSA) is 89.2 Å². The molecule has 7 heteroatoms. The van der Waals surface area contributed by atoms with E-state index in [4.69, 9.17) is 17.1 Å². The lowest BCUT2D eigenvalue weighted by Crippen LogP contribution is -2.19. The maximum atomic E-state index is 13.1. The van der Waals surface area contributed by atoms with E-state index in [0.29, 0.717) is 0 Å². The number of azide groups is 1. The van der Waals surface area contributed by atoms with Crippen molar-refractivity contribution in [1.82, 2.24) is 0 Å². The molecule has 0 saturated heterocycles. The third-order valence-electron chi connectivity index (χ3n) is 2.24. The highest BCUT2D eigenvalue weighted by molar-refractivity contribution is 6.30. The van der Waals surface area contributed by atoms with E-state index in [0.717, 1.165) is 6.07 Å². The summed E-state index contributed by atoms with van der Waals surface area (Å²) in [6.45, 7) is 0.0603. The van der Waals surface area contributed by atoms with E-state index in [1.165, 1.54) is 12.1 Å². The lowest BCUT2D eigenvalue weighted by Gasteiger charge is -2.17. The number of nitrogens with zero attached hydrogens (tertiary/aromatic N) is 3. The zero-order valence-corrected chi connectivity index (χ0v) is 9.55. The molecule has 2 atom stereocenters. The largest absolute Gasteiger partial charge is 0.390 e. The number of rotatable bonds is 5. The van der Waals surface area contributed by atoms with Crippen LogP contribution in [-0.2, 0) is 0 Å². The Bertz CT molecular complexity index is 438. The van der Waals surface area contributed by atoms with Crippen molar-refractivity contribution >= 4 is 11.6 Å². The van der Waals surface area contributed by atoms with E-state index >= 15 is 0 Å². The van der Waals surface area contributed by atoms with Crippen molar-refractivity contribution in [2.24, 2.45) is 5.11 Å². The van der Waals surface area contributed by atoms with Gasteiger partial charge in [0.05, 0.1) is 11.1 Å². The highest BCUT2D eigenvalue weighted by Crippen LogP contribution is 2.23. The van der Waals surface area contributed by atoms with Gasteiger partial charge in [-0.15, -0.1) is 0 Å². The van der Waals surface area contributed by atoms with E-state index in [-0.39, 0.29) is 23.6 Å². The second kappa shape index (κ2) is 6.42. The quantitative estimate of drug-likeness (QED) is 0.483. The molecule has 0 saturated carbocycles. The Hall–Kier alpha value is -1.33. The molecule has 1 rings (SSSR count). The normalized spacial score (nSPS) is 13.9. The molecule has 1 aromatic rings. The molecule has 92 valence electrons. The van der Waals surface area contributed by atoms with Crippen molar-refractivity contribution in [3.63, 3.8) is 0 Å². The van der Waals surface area contributed by atoms with Gasteiger partial charge in [0, 0.05) is 11.5 Å². The smallest absolute Gasteiger partial charge is 0.142 e. The second-order valence-corrected chi connectivity index (χ2v) is 3.84. The minimum atomic E-state index is -1.24. The first-order chi connectivity index (χ1) is 8.06. The van der Waals surface area contributed by atoms with Crippen LogP contribution >= 0.6 is 11.6 Å². The van der Waals surface area contributed by atoms with E-state index < -0.39 is 18.0 Å². The van der Waals surface area contributed by atoms with Gasteiger partial charge >= 0.3 is 0 Å². The molecule has 17 heavy (non-hydrogen) atoms. The highest BCUT2D eigenvalue weighted by atomic mass is 35.5. The number of hydrogen-bond acceptors (Lipinski definition) is 3. The Morgan fingerprint density at radius 2 is 2.18 bits per heavy atom. The van der Waals surface area contributed by atoms with Crippen molar-refractivity contribution in [3.8, 4) is 0 Å². The molecular formula is C10H11ClFN3O2. The third kappa shape index (κ3) is 3.87. The fourth-order valence-corrected chi connectivity index (χ4v) is 1.43. The lowest BCUT2D eigenvalue weighted by molar-refractivity contribution is 0.0149. The van der Waals surface area contributed by atoms with Crippen LogP contribution in [0.1, 0.15) is 18.1 Å². The molecule has 2 unspecified atom stereocenters. The van der Waals surface area contributed by atoms with Crippen molar-refractivity contribution in [1.29, 1.82) is 0 Å². The average molecular weight is 260 g/mol. The number of hydrogen-bond donors (Lipinski definition) is 2. The molecular weight excluding hydrogens is 249 g/mol. The first kappa shape index (κ1) is 13.7. The van der Waals surface area contributed by atoms with Crippen LogP contribution < -0.4 is 0 Å². The summed E-state index contributed by atoms with van der Waals surface area (Å²) in [5, 5.41) is 22.5. The molecule has 0 amide bonds. The maximum absolute atomic E-state index is 13.1. The minimum Gasteiger partial charge on any atom is -0.390 e. The summed E-state index contributed by atoms with van der Waals surface area (Å²) >= 11 is 5.49. The molecule has 0 bridgehead atoms. The standard InChI is InChI=1S/C10H11ClFN3O2/c11-7-2-1-6(5-8(7)12)10(17)9(16)3-4-14-15-13/h1-2,5,9-10,16-17H,3-4H2. The summed E-state index contributed by atoms with van der Waals surface area (Å²) in [4.78, 5) is 2.52. The maximum Gasteiger partial charge on any atom is 0.142 e. The SMILES string of the molecule is [N-]=[N+]=NCCC(O)C(O)c1ccc(Cl)c(F)c1. The van der Waals surface area contributed by atoms with E-state index in [1.807, 2.05) is 0 Å². The van der Waals surface area contributed by atoms with Gasteiger partial charge in [0.1, 0.15) is 11.9 Å². The second-order valence-electron chi connectivity index (χ2n) is 3.43. The van der Waals surface area contributed by atoms with Gasteiger partial charge in [-0.25, -0.2) is 4.39 Å².